The fourth-order valence-corrected chi connectivity index (χ4v) is 2.55. The molecule has 0 saturated heterocycles. The van der Waals surface area contributed by atoms with Crippen molar-refractivity contribution >= 4 is 0 Å². The zero-order valence-electron chi connectivity index (χ0n) is 12.9. The fraction of sp³-hybridized carbons (Fsp3) is 0.667. The number of ether oxygens (including phenoxy) is 1. The third-order valence-electron chi connectivity index (χ3n) is 4.12. The molecule has 19 heavy (non-hydrogen) atoms. The van der Waals surface area contributed by atoms with Crippen molar-refractivity contribution < 1.29 is 4.74 Å². The molecule has 0 unspecified atom stereocenters. The molecule has 1 heterocycles. The van der Waals surface area contributed by atoms with E-state index in [2.05, 4.69) is 30.8 Å². The van der Waals surface area contributed by atoms with E-state index in [1.165, 1.54) is 0 Å². The number of rotatable bonds is 7. The lowest BCUT2D eigenvalue weighted by Crippen LogP contribution is -2.50. The van der Waals surface area contributed by atoms with Crippen molar-refractivity contribution in [3.63, 3.8) is 0 Å². The molecule has 0 fully saturated rings. The average molecular weight is 265 g/mol. The van der Waals surface area contributed by atoms with Crippen molar-refractivity contribution in [1.82, 2.24) is 9.88 Å². The molecule has 0 aliphatic heterocycles. The van der Waals surface area contributed by atoms with Gasteiger partial charge < -0.3 is 10.5 Å². The molecule has 1 rings (SSSR count). The van der Waals surface area contributed by atoms with Gasteiger partial charge in [-0.05, 0) is 26.8 Å². The lowest BCUT2D eigenvalue weighted by molar-refractivity contribution is 0.106. The molecule has 108 valence electrons. The maximum atomic E-state index is 5.98. The molecule has 0 aliphatic carbocycles. The van der Waals surface area contributed by atoms with E-state index in [1.807, 2.05) is 19.1 Å². The van der Waals surface area contributed by atoms with E-state index < -0.39 is 0 Å². The Labute approximate surface area is 117 Å². The molecule has 0 aliphatic rings. The normalized spacial score (nSPS) is 11.9. The van der Waals surface area contributed by atoms with Crippen LogP contribution < -0.4 is 10.5 Å². The number of nitrogens with zero attached hydrogens (tertiary/aromatic N) is 2. The summed E-state index contributed by atoms with van der Waals surface area (Å²) in [6, 6.07) is 3.94. The number of likely N-dealkylation sites (N-methyl/N-ethyl adjacent to an activating group) is 1. The predicted octanol–water partition coefficient (Wildman–Crippen LogP) is 2.35. The summed E-state index contributed by atoms with van der Waals surface area (Å²) in [5, 5.41) is 0. The molecule has 0 bridgehead atoms. The second kappa shape index (κ2) is 6.87. The number of aromatic nitrogens is 1. The minimum atomic E-state index is 0.0542. The van der Waals surface area contributed by atoms with Crippen LogP contribution in [0, 0.1) is 6.92 Å². The van der Waals surface area contributed by atoms with E-state index >= 15 is 0 Å². The number of aryl methyl sites for hydroxylation is 1. The van der Waals surface area contributed by atoms with E-state index in [-0.39, 0.29) is 5.54 Å². The smallest absolute Gasteiger partial charge is 0.122 e. The summed E-state index contributed by atoms with van der Waals surface area (Å²) in [4.78, 5) is 6.89. The third kappa shape index (κ3) is 3.67. The van der Waals surface area contributed by atoms with E-state index in [4.69, 9.17) is 10.5 Å². The number of hydrogen-bond donors (Lipinski definition) is 1. The van der Waals surface area contributed by atoms with Gasteiger partial charge in [0.25, 0.3) is 0 Å². The number of pyridine rings is 1. The lowest BCUT2D eigenvalue weighted by Gasteiger charge is -2.40. The zero-order valence-corrected chi connectivity index (χ0v) is 12.9. The molecule has 1 aromatic heterocycles. The lowest BCUT2D eigenvalue weighted by atomic mass is 9.91. The number of methoxy groups -OCH3 is 1. The molecule has 0 amide bonds. The maximum Gasteiger partial charge on any atom is 0.122 e. The van der Waals surface area contributed by atoms with E-state index in [1.54, 1.807) is 7.11 Å². The quantitative estimate of drug-likeness (QED) is 0.822. The van der Waals surface area contributed by atoms with Gasteiger partial charge in [-0.25, -0.2) is 0 Å². The Kier molecular flexibility index (Phi) is 5.76. The SMILES string of the molecule is CCC(CC)(CN)N(C)Cc1cc(OC)cc(C)n1. The van der Waals surface area contributed by atoms with Crippen LogP contribution >= 0.6 is 0 Å². The predicted molar refractivity (Wildman–Crippen MR) is 79.4 cm³/mol. The Balaban J connectivity index is 2.92. The summed E-state index contributed by atoms with van der Waals surface area (Å²) in [5.74, 6) is 0.863. The standard InChI is InChI=1S/C15H27N3O/c1-6-15(7-2,11-16)18(4)10-13-9-14(19-5)8-12(3)17-13/h8-9H,6-7,10-11,16H2,1-5H3. The van der Waals surface area contributed by atoms with Gasteiger partial charge in [-0.15, -0.1) is 0 Å². The number of hydrogen-bond acceptors (Lipinski definition) is 4. The van der Waals surface area contributed by atoms with E-state index in [0.29, 0.717) is 6.54 Å². The molecule has 1 aromatic rings. The van der Waals surface area contributed by atoms with Crippen molar-refractivity contribution in [2.45, 2.75) is 45.7 Å². The molecule has 0 aromatic carbocycles. The fourth-order valence-electron chi connectivity index (χ4n) is 2.55. The van der Waals surface area contributed by atoms with Crippen LogP contribution in [-0.4, -0.2) is 36.1 Å². The molecule has 4 heteroatoms. The maximum absolute atomic E-state index is 5.98. The van der Waals surface area contributed by atoms with Crippen LogP contribution in [0.25, 0.3) is 0 Å². The van der Waals surface area contributed by atoms with Crippen LogP contribution in [0.5, 0.6) is 5.75 Å². The Bertz CT molecular complexity index is 394. The summed E-state index contributed by atoms with van der Waals surface area (Å²) < 4.78 is 5.30. The number of nitrogens with two attached hydrogens (primary N) is 1. The topological polar surface area (TPSA) is 51.4 Å². The highest BCUT2D eigenvalue weighted by Crippen LogP contribution is 2.24. The largest absolute Gasteiger partial charge is 0.497 e. The van der Waals surface area contributed by atoms with Crippen molar-refractivity contribution in [3.05, 3.63) is 23.5 Å². The van der Waals surface area contributed by atoms with Gasteiger partial charge in [0.15, 0.2) is 0 Å². The molecule has 0 radical (unpaired) electrons. The Morgan fingerprint density at radius 1 is 1.32 bits per heavy atom. The van der Waals surface area contributed by atoms with Gasteiger partial charge in [0, 0.05) is 36.5 Å². The highest BCUT2D eigenvalue weighted by molar-refractivity contribution is 5.26. The van der Waals surface area contributed by atoms with Crippen LogP contribution in [0.2, 0.25) is 0 Å². The van der Waals surface area contributed by atoms with Crippen LogP contribution in [0.3, 0.4) is 0 Å². The van der Waals surface area contributed by atoms with Gasteiger partial charge in [0.2, 0.25) is 0 Å². The molecular formula is C15H27N3O. The first-order chi connectivity index (χ1) is 9.01. The minimum absolute atomic E-state index is 0.0542. The first kappa shape index (κ1) is 15.9. The van der Waals surface area contributed by atoms with Crippen molar-refractivity contribution in [2.24, 2.45) is 5.73 Å². The highest BCUT2D eigenvalue weighted by Gasteiger charge is 2.29. The van der Waals surface area contributed by atoms with Crippen LogP contribution in [0.4, 0.5) is 0 Å². The summed E-state index contributed by atoms with van der Waals surface area (Å²) in [7, 11) is 3.81. The van der Waals surface area contributed by atoms with Gasteiger partial charge in [-0.3, -0.25) is 9.88 Å². The summed E-state index contributed by atoms with van der Waals surface area (Å²) in [6.07, 6.45) is 2.08. The van der Waals surface area contributed by atoms with Crippen LogP contribution in [0.15, 0.2) is 12.1 Å². The second-order valence-corrected chi connectivity index (χ2v) is 5.13. The Hall–Kier alpha value is -1.13. The van der Waals surface area contributed by atoms with Gasteiger partial charge in [-0.2, -0.15) is 0 Å². The third-order valence-corrected chi connectivity index (χ3v) is 4.12. The molecule has 0 spiro atoms. The molecular weight excluding hydrogens is 238 g/mol. The molecule has 0 saturated carbocycles. The molecule has 0 atom stereocenters. The van der Waals surface area contributed by atoms with Gasteiger partial charge in [-0.1, -0.05) is 13.8 Å². The zero-order chi connectivity index (χ0) is 14.5. The van der Waals surface area contributed by atoms with E-state index in [9.17, 15) is 0 Å². The van der Waals surface area contributed by atoms with Crippen molar-refractivity contribution in [3.8, 4) is 5.75 Å². The second-order valence-electron chi connectivity index (χ2n) is 5.13. The van der Waals surface area contributed by atoms with Gasteiger partial charge >= 0.3 is 0 Å². The summed E-state index contributed by atoms with van der Waals surface area (Å²) in [5.41, 5.74) is 8.04. The summed E-state index contributed by atoms with van der Waals surface area (Å²) >= 11 is 0. The Morgan fingerprint density at radius 2 is 1.95 bits per heavy atom. The van der Waals surface area contributed by atoms with Crippen LogP contribution in [0.1, 0.15) is 38.1 Å². The van der Waals surface area contributed by atoms with Gasteiger partial charge in [0.1, 0.15) is 5.75 Å². The average Bonchev–Trinajstić information content (AvgIpc) is 2.40. The highest BCUT2D eigenvalue weighted by atomic mass is 16.5. The first-order valence-electron chi connectivity index (χ1n) is 6.94. The Morgan fingerprint density at radius 3 is 2.42 bits per heavy atom. The van der Waals surface area contributed by atoms with Gasteiger partial charge in [0.05, 0.1) is 12.8 Å². The first-order valence-corrected chi connectivity index (χ1v) is 6.94. The van der Waals surface area contributed by atoms with Crippen molar-refractivity contribution in [2.75, 3.05) is 20.7 Å². The van der Waals surface area contributed by atoms with Crippen LogP contribution in [-0.2, 0) is 6.54 Å². The summed E-state index contributed by atoms with van der Waals surface area (Å²) in [6.45, 7) is 7.83. The molecule has 2 N–H and O–H groups in total. The minimum Gasteiger partial charge on any atom is -0.497 e. The van der Waals surface area contributed by atoms with E-state index in [0.717, 1.165) is 36.5 Å². The molecule has 4 nitrogen and oxygen atoms in total. The van der Waals surface area contributed by atoms with Crippen molar-refractivity contribution in [1.29, 1.82) is 0 Å². The monoisotopic (exact) mass is 265 g/mol.